The van der Waals surface area contributed by atoms with Gasteiger partial charge in [-0.1, -0.05) is 17.7 Å². The largest absolute Gasteiger partial charge is 0.505 e. The van der Waals surface area contributed by atoms with E-state index in [4.69, 9.17) is 0 Å². The molecule has 0 unspecified atom stereocenters. The fourth-order valence-electron chi connectivity index (χ4n) is 3.14. The molecule has 11 nitrogen and oxygen atoms in total. The lowest BCUT2D eigenvalue weighted by molar-refractivity contribution is -0.384. The summed E-state index contributed by atoms with van der Waals surface area (Å²) in [5.41, 5.74) is 4.77. The number of aliphatic hydroxyl groups is 1. The van der Waals surface area contributed by atoms with Crippen LogP contribution in [0, 0.1) is 30.9 Å². The van der Waals surface area contributed by atoms with E-state index in [0.717, 1.165) is 11.6 Å². The maximum absolute atomic E-state index is 12.8. The number of nitrogens with zero attached hydrogens (tertiary/aromatic N) is 3. The van der Waals surface area contributed by atoms with Crippen molar-refractivity contribution in [1.82, 2.24) is 4.98 Å². The predicted octanol–water partition coefficient (Wildman–Crippen LogP) is 3.36. The van der Waals surface area contributed by atoms with Crippen LogP contribution >= 0.6 is 0 Å². The zero-order valence-corrected chi connectivity index (χ0v) is 19.4. The number of nitro benzene ring substituents is 1. The van der Waals surface area contributed by atoms with Gasteiger partial charge in [-0.05, 0) is 44.5 Å². The summed E-state index contributed by atoms with van der Waals surface area (Å²) < 4.78 is 28.1. The molecule has 12 heteroatoms. The standard InChI is InChI=1S/C22H23N5O6S/c1-13-4-6-19(14(2)8-13)26-34(32,33)17-5-7-20(21(9-17)27(30)31)25-24-11-18-16(12-28)10-23-15(3)22(18)29/h4-11,25-26,28-29H,12H2,1-3H3/b24-11+. The Morgan fingerprint density at radius 3 is 2.50 bits per heavy atom. The highest BCUT2D eigenvalue weighted by Gasteiger charge is 2.22. The topological polar surface area (TPSA) is 167 Å². The number of nitrogens with one attached hydrogen (secondary N) is 2. The molecule has 178 valence electrons. The van der Waals surface area contributed by atoms with E-state index in [1.807, 2.05) is 13.0 Å². The summed E-state index contributed by atoms with van der Waals surface area (Å²) in [4.78, 5) is 14.5. The molecule has 4 N–H and O–H groups in total. The zero-order valence-electron chi connectivity index (χ0n) is 18.6. The third-order valence-electron chi connectivity index (χ3n) is 5.01. The lowest BCUT2D eigenvalue weighted by atomic mass is 10.1. The SMILES string of the molecule is Cc1ccc(NS(=O)(=O)c2ccc(N/N=C/c3c(CO)cnc(C)c3O)c([N+](=O)[O-])c2)c(C)c1. The number of hydrogen-bond acceptors (Lipinski definition) is 9. The van der Waals surface area contributed by atoms with E-state index in [0.29, 0.717) is 22.5 Å². The van der Waals surface area contributed by atoms with Crippen molar-refractivity contribution in [2.75, 3.05) is 10.1 Å². The van der Waals surface area contributed by atoms with Gasteiger partial charge in [0.25, 0.3) is 15.7 Å². The Labute approximate surface area is 196 Å². The van der Waals surface area contributed by atoms with Crippen molar-refractivity contribution in [3.8, 4) is 5.75 Å². The van der Waals surface area contributed by atoms with E-state index in [9.17, 15) is 28.7 Å². The number of rotatable bonds is 8. The van der Waals surface area contributed by atoms with Gasteiger partial charge in [0.15, 0.2) is 0 Å². The fraction of sp³-hybridized carbons (Fsp3) is 0.182. The van der Waals surface area contributed by atoms with Crippen molar-refractivity contribution < 1.29 is 23.6 Å². The summed E-state index contributed by atoms with van der Waals surface area (Å²) in [6.07, 6.45) is 2.56. The van der Waals surface area contributed by atoms with Crippen molar-refractivity contribution in [1.29, 1.82) is 0 Å². The first-order chi connectivity index (χ1) is 16.0. The quantitative estimate of drug-likeness (QED) is 0.214. The van der Waals surface area contributed by atoms with Crippen LogP contribution in [0.2, 0.25) is 0 Å². The van der Waals surface area contributed by atoms with Crippen molar-refractivity contribution in [2.45, 2.75) is 32.3 Å². The van der Waals surface area contributed by atoms with Crippen LogP contribution in [0.4, 0.5) is 17.1 Å². The van der Waals surface area contributed by atoms with E-state index in [1.165, 1.54) is 24.5 Å². The van der Waals surface area contributed by atoms with E-state index < -0.39 is 27.2 Å². The molecular formula is C22H23N5O6S. The summed E-state index contributed by atoms with van der Waals surface area (Å²) in [5.74, 6) is -0.189. The smallest absolute Gasteiger partial charge is 0.295 e. The molecule has 0 spiro atoms. The van der Waals surface area contributed by atoms with Crippen molar-refractivity contribution in [3.05, 3.63) is 80.7 Å². The average Bonchev–Trinajstić information content (AvgIpc) is 2.78. The van der Waals surface area contributed by atoms with Gasteiger partial charge < -0.3 is 10.2 Å². The number of hydrazone groups is 1. The van der Waals surface area contributed by atoms with Crippen LogP contribution in [0.15, 0.2) is 52.6 Å². The minimum atomic E-state index is -4.09. The molecule has 0 saturated heterocycles. The summed E-state index contributed by atoms with van der Waals surface area (Å²) in [6, 6.07) is 8.55. The molecular weight excluding hydrogens is 462 g/mol. The lowest BCUT2D eigenvalue weighted by Gasteiger charge is -2.12. The molecule has 0 aliphatic rings. The number of benzene rings is 2. The van der Waals surface area contributed by atoms with Gasteiger partial charge in [-0.2, -0.15) is 5.10 Å². The number of nitro groups is 1. The van der Waals surface area contributed by atoms with E-state index >= 15 is 0 Å². The van der Waals surface area contributed by atoms with E-state index in [-0.39, 0.29) is 21.9 Å². The molecule has 0 fully saturated rings. The zero-order chi connectivity index (χ0) is 25.0. The van der Waals surface area contributed by atoms with Crippen molar-refractivity contribution in [2.24, 2.45) is 5.10 Å². The highest BCUT2D eigenvalue weighted by Crippen LogP contribution is 2.29. The summed E-state index contributed by atoms with van der Waals surface area (Å²) >= 11 is 0. The van der Waals surface area contributed by atoms with E-state index in [1.54, 1.807) is 26.0 Å². The molecule has 0 amide bonds. The monoisotopic (exact) mass is 485 g/mol. The Hall–Kier alpha value is -4.03. The van der Waals surface area contributed by atoms with Crippen LogP contribution in [0.5, 0.6) is 5.75 Å². The van der Waals surface area contributed by atoms with Gasteiger partial charge in [0.2, 0.25) is 0 Å². The molecule has 1 aromatic heterocycles. The van der Waals surface area contributed by atoms with Gasteiger partial charge in [0, 0.05) is 23.4 Å². The van der Waals surface area contributed by atoms with Gasteiger partial charge in [0.05, 0.1) is 34.0 Å². The number of aliphatic hydroxyl groups excluding tert-OH is 1. The minimum Gasteiger partial charge on any atom is -0.505 e. The van der Waals surface area contributed by atoms with Crippen LogP contribution in [0.25, 0.3) is 0 Å². The molecule has 3 rings (SSSR count). The van der Waals surface area contributed by atoms with Crippen LogP contribution in [-0.2, 0) is 16.6 Å². The Bertz CT molecular complexity index is 1390. The predicted molar refractivity (Wildman–Crippen MR) is 128 cm³/mol. The molecule has 0 saturated carbocycles. The van der Waals surface area contributed by atoms with E-state index in [2.05, 4.69) is 20.2 Å². The second-order valence-corrected chi connectivity index (χ2v) is 9.20. The second-order valence-electron chi connectivity index (χ2n) is 7.52. The molecule has 1 heterocycles. The maximum Gasteiger partial charge on any atom is 0.295 e. The van der Waals surface area contributed by atoms with Gasteiger partial charge in [-0.15, -0.1) is 0 Å². The normalized spacial score (nSPS) is 11.5. The minimum absolute atomic E-state index is 0.0671. The van der Waals surface area contributed by atoms with Gasteiger partial charge >= 0.3 is 0 Å². The Balaban J connectivity index is 1.90. The number of hydrogen-bond donors (Lipinski definition) is 4. The molecule has 34 heavy (non-hydrogen) atoms. The number of anilines is 2. The average molecular weight is 486 g/mol. The van der Waals surface area contributed by atoms with Gasteiger partial charge in [-0.25, -0.2) is 8.42 Å². The maximum atomic E-state index is 12.8. The second kappa shape index (κ2) is 9.85. The number of aromatic hydroxyl groups is 1. The first-order valence-corrected chi connectivity index (χ1v) is 11.5. The highest BCUT2D eigenvalue weighted by molar-refractivity contribution is 7.92. The molecule has 0 atom stereocenters. The molecule has 0 radical (unpaired) electrons. The lowest BCUT2D eigenvalue weighted by Crippen LogP contribution is -2.14. The molecule has 3 aromatic rings. The van der Waals surface area contributed by atoms with Gasteiger partial charge in [-0.3, -0.25) is 25.2 Å². The van der Waals surface area contributed by atoms with Crippen LogP contribution in [0.3, 0.4) is 0 Å². The highest BCUT2D eigenvalue weighted by atomic mass is 32.2. The molecule has 0 bridgehead atoms. The number of aryl methyl sites for hydroxylation is 3. The van der Waals surface area contributed by atoms with Crippen molar-refractivity contribution >= 4 is 33.3 Å². The molecule has 0 aliphatic carbocycles. The van der Waals surface area contributed by atoms with Gasteiger partial charge in [0.1, 0.15) is 11.4 Å². The third kappa shape index (κ3) is 5.30. The third-order valence-corrected chi connectivity index (χ3v) is 6.37. The molecule has 2 aromatic carbocycles. The first kappa shape index (κ1) is 24.6. The van der Waals surface area contributed by atoms with Crippen LogP contribution in [-0.4, -0.2) is 34.8 Å². The fourth-order valence-corrected chi connectivity index (χ4v) is 4.30. The first-order valence-electron chi connectivity index (χ1n) is 9.99. The number of sulfonamides is 1. The summed E-state index contributed by atoms with van der Waals surface area (Å²) in [7, 11) is -4.09. The number of aromatic nitrogens is 1. The number of pyridine rings is 1. The Morgan fingerprint density at radius 2 is 1.85 bits per heavy atom. The van der Waals surface area contributed by atoms with Crippen molar-refractivity contribution in [3.63, 3.8) is 0 Å². The Kier molecular flexibility index (Phi) is 7.13. The Morgan fingerprint density at radius 1 is 1.15 bits per heavy atom. The summed E-state index contributed by atoms with van der Waals surface area (Å²) in [5, 5.41) is 35.1. The van der Waals surface area contributed by atoms with Crippen LogP contribution < -0.4 is 10.1 Å². The molecule has 0 aliphatic heterocycles. The van der Waals surface area contributed by atoms with Crippen LogP contribution in [0.1, 0.15) is 27.9 Å². The summed E-state index contributed by atoms with van der Waals surface area (Å²) in [6.45, 7) is 4.80.